The average Bonchev–Trinajstić information content (AvgIpc) is 3.05. The molecule has 2 aromatic carbocycles. The molecule has 0 atom stereocenters. The van der Waals surface area contributed by atoms with Crippen LogP contribution in [0.4, 0.5) is 4.39 Å². The lowest BCUT2D eigenvalue weighted by Crippen LogP contribution is -2.12. The first kappa shape index (κ1) is 14.4. The number of aromatic nitrogens is 2. The Morgan fingerprint density at radius 3 is 2.71 bits per heavy atom. The van der Waals surface area contributed by atoms with E-state index in [9.17, 15) is 9.18 Å². The standard InChI is InChI=1S/C19H13FN2O2/c20-15-7-5-12(6-8-15)19-21-11-16(24-19)10-14-9-13-3-1-2-4-17(13)22-18(14)23/h1-9,11H,10H2,(H,22,23). The normalized spacial score (nSPS) is 11.0. The number of pyridine rings is 1. The zero-order valence-corrected chi connectivity index (χ0v) is 12.6. The van der Waals surface area contributed by atoms with Crippen LogP contribution in [-0.2, 0) is 6.42 Å². The third kappa shape index (κ3) is 2.72. The Morgan fingerprint density at radius 2 is 1.88 bits per heavy atom. The van der Waals surface area contributed by atoms with Crippen LogP contribution < -0.4 is 5.56 Å². The van der Waals surface area contributed by atoms with Gasteiger partial charge in [-0.1, -0.05) is 18.2 Å². The molecule has 0 amide bonds. The Balaban J connectivity index is 1.65. The van der Waals surface area contributed by atoms with E-state index in [0.717, 1.165) is 10.9 Å². The van der Waals surface area contributed by atoms with Crippen LogP contribution in [-0.4, -0.2) is 9.97 Å². The second-order valence-electron chi connectivity index (χ2n) is 5.53. The largest absolute Gasteiger partial charge is 0.441 e. The van der Waals surface area contributed by atoms with Gasteiger partial charge in [0, 0.05) is 23.1 Å². The SMILES string of the molecule is O=c1[nH]c2ccccc2cc1Cc1cnc(-c2ccc(F)cc2)o1. The molecule has 0 saturated heterocycles. The second-order valence-corrected chi connectivity index (χ2v) is 5.53. The van der Waals surface area contributed by atoms with Gasteiger partial charge in [0.25, 0.3) is 5.56 Å². The summed E-state index contributed by atoms with van der Waals surface area (Å²) in [5, 5.41) is 0.963. The maximum absolute atomic E-state index is 13.0. The molecule has 4 aromatic rings. The summed E-state index contributed by atoms with van der Waals surface area (Å²) < 4.78 is 18.7. The van der Waals surface area contributed by atoms with E-state index < -0.39 is 0 Å². The fraction of sp³-hybridized carbons (Fsp3) is 0.0526. The van der Waals surface area contributed by atoms with Gasteiger partial charge in [-0.05, 0) is 41.8 Å². The molecular formula is C19H13FN2O2. The molecule has 2 aromatic heterocycles. The minimum atomic E-state index is -0.312. The van der Waals surface area contributed by atoms with Crippen molar-refractivity contribution in [2.45, 2.75) is 6.42 Å². The topological polar surface area (TPSA) is 58.9 Å². The molecule has 118 valence electrons. The second kappa shape index (κ2) is 5.77. The number of benzene rings is 2. The van der Waals surface area contributed by atoms with Gasteiger partial charge >= 0.3 is 0 Å². The lowest BCUT2D eigenvalue weighted by Gasteiger charge is -2.01. The molecule has 0 aliphatic rings. The Hall–Kier alpha value is -3.21. The first-order valence-electron chi connectivity index (χ1n) is 7.51. The predicted octanol–water partition coefficient (Wildman–Crippen LogP) is 3.91. The van der Waals surface area contributed by atoms with Gasteiger partial charge < -0.3 is 9.40 Å². The molecule has 5 heteroatoms. The van der Waals surface area contributed by atoms with Crippen LogP contribution in [0.5, 0.6) is 0 Å². The highest BCUT2D eigenvalue weighted by Crippen LogP contribution is 2.21. The van der Waals surface area contributed by atoms with Crippen LogP contribution in [0.3, 0.4) is 0 Å². The lowest BCUT2D eigenvalue weighted by atomic mass is 10.1. The first-order chi connectivity index (χ1) is 11.7. The van der Waals surface area contributed by atoms with Crippen LogP contribution in [0.2, 0.25) is 0 Å². The molecule has 0 unspecified atom stereocenters. The van der Waals surface area contributed by atoms with Crippen LogP contribution in [0.15, 0.2) is 70.0 Å². The maximum atomic E-state index is 13.0. The van der Waals surface area contributed by atoms with Crippen molar-refractivity contribution < 1.29 is 8.81 Å². The molecule has 0 radical (unpaired) electrons. The molecule has 1 N–H and O–H groups in total. The number of fused-ring (bicyclic) bond motifs is 1. The third-order valence-electron chi connectivity index (χ3n) is 3.84. The van der Waals surface area contributed by atoms with Crippen molar-refractivity contribution in [2.24, 2.45) is 0 Å². The molecule has 0 saturated carbocycles. The summed E-state index contributed by atoms with van der Waals surface area (Å²) >= 11 is 0. The van der Waals surface area contributed by atoms with E-state index in [-0.39, 0.29) is 11.4 Å². The summed E-state index contributed by atoms with van der Waals surface area (Å²) in [6.45, 7) is 0. The van der Waals surface area contributed by atoms with Crippen molar-refractivity contribution in [3.05, 3.63) is 88.3 Å². The molecule has 24 heavy (non-hydrogen) atoms. The minimum absolute atomic E-state index is 0.145. The van der Waals surface area contributed by atoms with E-state index in [2.05, 4.69) is 9.97 Å². The average molecular weight is 320 g/mol. The van der Waals surface area contributed by atoms with Crippen LogP contribution >= 0.6 is 0 Å². The van der Waals surface area contributed by atoms with Crippen LogP contribution in [0.25, 0.3) is 22.4 Å². The Kier molecular flexibility index (Phi) is 3.46. The van der Waals surface area contributed by atoms with E-state index in [1.807, 2.05) is 30.3 Å². The van der Waals surface area contributed by atoms with Gasteiger partial charge in [-0.25, -0.2) is 9.37 Å². The predicted molar refractivity (Wildman–Crippen MR) is 89.3 cm³/mol. The van der Waals surface area contributed by atoms with Crippen molar-refractivity contribution in [1.29, 1.82) is 0 Å². The number of halogens is 1. The van der Waals surface area contributed by atoms with Crippen molar-refractivity contribution in [3.8, 4) is 11.5 Å². The molecule has 0 aliphatic heterocycles. The van der Waals surface area contributed by atoms with Gasteiger partial charge in [-0.15, -0.1) is 0 Å². The quantitative estimate of drug-likeness (QED) is 0.622. The Labute approximate surface area is 136 Å². The smallest absolute Gasteiger partial charge is 0.252 e. The third-order valence-corrected chi connectivity index (χ3v) is 3.84. The Bertz CT molecular complexity index is 1060. The lowest BCUT2D eigenvalue weighted by molar-refractivity contribution is 0.528. The number of hydrogen-bond donors (Lipinski definition) is 1. The highest BCUT2D eigenvalue weighted by Gasteiger charge is 2.10. The maximum Gasteiger partial charge on any atom is 0.252 e. The number of H-pyrrole nitrogens is 1. The van der Waals surface area contributed by atoms with E-state index in [0.29, 0.717) is 29.2 Å². The fourth-order valence-electron chi connectivity index (χ4n) is 2.63. The summed E-state index contributed by atoms with van der Waals surface area (Å²) in [4.78, 5) is 19.3. The first-order valence-corrected chi connectivity index (χ1v) is 7.51. The monoisotopic (exact) mass is 320 g/mol. The Morgan fingerprint density at radius 1 is 1.08 bits per heavy atom. The number of oxazole rings is 1. The molecule has 0 aliphatic carbocycles. The van der Waals surface area contributed by atoms with Gasteiger partial charge in [0.2, 0.25) is 5.89 Å². The van der Waals surface area contributed by atoms with Crippen molar-refractivity contribution in [1.82, 2.24) is 9.97 Å². The van der Waals surface area contributed by atoms with Crippen LogP contribution in [0.1, 0.15) is 11.3 Å². The molecule has 0 spiro atoms. The fourth-order valence-corrected chi connectivity index (χ4v) is 2.63. The molecule has 4 rings (SSSR count). The summed E-state index contributed by atoms with van der Waals surface area (Å²) in [6.07, 6.45) is 1.93. The summed E-state index contributed by atoms with van der Waals surface area (Å²) in [5.74, 6) is 0.672. The van der Waals surface area contributed by atoms with E-state index in [1.165, 1.54) is 12.1 Å². The van der Waals surface area contributed by atoms with Crippen molar-refractivity contribution in [2.75, 3.05) is 0 Å². The highest BCUT2D eigenvalue weighted by atomic mass is 19.1. The van der Waals surface area contributed by atoms with Gasteiger partial charge in [0.1, 0.15) is 11.6 Å². The van der Waals surface area contributed by atoms with Gasteiger partial charge in [0.05, 0.1) is 6.20 Å². The van der Waals surface area contributed by atoms with Gasteiger partial charge in [0.15, 0.2) is 0 Å². The number of aromatic amines is 1. The number of para-hydroxylation sites is 1. The number of nitrogens with one attached hydrogen (secondary N) is 1. The number of nitrogens with zero attached hydrogens (tertiary/aromatic N) is 1. The van der Waals surface area contributed by atoms with E-state index in [1.54, 1.807) is 18.3 Å². The van der Waals surface area contributed by atoms with E-state index >= 15 is 0 Å². The highest BCUT2D eigenvalue weighted by molar-refractivity contribution is 5.78. The summed E-state index contributed by atoms with van der Waals surface area (Å²) in [6, 6.07) is 15.4. The van der Waals surface area contributed by atoms with Gasteiger partial charge in [-0.3, -0.25) is 4.79 Å². The molecule has 4 nitrogen and oxygen atoms in total. The van der Waals surface area contributed by atoms with Crippen LogP contribution in [0, 0.1) is 5.82 Å². The van der Waals surface area contributed by atoms with Crippen molar-refractivity contribution in [3.63, 3.8) is 0 Å². The molecular weight excluding hydrogens is 307 g/mol. The summed E-state index contributed by atoms with van der Waals surface area (Å²) in [7, 11) is 0. The van der Waals surface area contributed by atoms with Crippen molar-refractivity contribution >= 4 is 10.9 Å². The zero-order valence-electron chi connectivity index (χ0n) is 12.6. The molecule has 0 bridgehead atoms. The number of rotatable bonds is 3. The number of hydrogen-bond acceptors (Lipinski definition) is 3. The van der Waals surface area contributed by atoms with Gasteiger partial charge in [-0.2, -0.15) is 0 Å². The summed E-state index contributed by atoms with van der Waals surface area (Å²) in [5.41, 5.74) is 1.95. The molecule has 0 fully saturated rings. The minimum Gasteiger partial charge on any atom is -0.441 e. The van der Waals surface area contributed by atoms with E-state index in [4.69, 9.17) is 4.42 Å². The molecule has 2 heterocycles. The zero-order chi connectivity index (χ0) is 16.5.